The minimum Gasteiger partial charge on any atom is -0.309 e. The molecule has 0 N–H and O–H groups in total. The Morgan fingerprint density at radius 3 is 0.917 bits per heavy atom. The van der Waals surface area contributed by atoms with E-state index in [1.807, 2.05) is 0 Å². The summed E-state index contributed by atoms with van der Waals surface area (Å²) in [4.78, 5) is 11.3. The molecule has 0 saturated carbocycles. The molecule has 4 aromatic heterocycles. The lowest BCUT2D eigenvalue weighted by Gasteiger charge is -2.21. The molecule has 0 bridgehead atoms. The summed E-state index contributed by atoms with van der Waals surface area (Å²) >= 11 is 0. The van der Waals surface area contributed by atoms with Gasteiger partial charge in [-0.15, -0.1) is 0 Å². The summed E-state index contributed by atoms with van der Waals surface area (Å²) < 4.78 is 7.31. The number of para-hydroxylation sites is 3. The molecule has 3 aliphatic carbocycles. The fourth-order valence-corrected chi connectivity index (χ4v) is 19.2. The maximum absolute atomic E-state index is 5.67. The van der Waals surface area contributed by atoms with Gasteiger partial charge in [-0.2, -0.15) is 0 Å². The Labute approximate surface area is 627 Å². The van der Waals surface area contributed by atoms with Gasteiger partial charge >= 0.3 is 0 Å². The highest BCUT2D eigenvalue weighted by molar-refractivity contribution is 6.13. The standard InChI is InChI=1S/C103H73N5/c1-101(2)86-31-13-7-25-74(86)83-55-63(42-50-89(83)101)66-39-47-80-77-28-10-16-34-94(77)106(97(80)58-66)71-45-37-62(38-46-71)92-61-93(69-21-19-23-72(53-69)107-95-35-17-11-29-78(95)81-48-40-67(59-98(81)107)64-43-51-90-84(56-64)75-26-8-14-32-87(75)102(90,3)4)105-100(104-92)70-22-20-24-73(54-70)108-96-36-18-12-30-79(96)82-49-41-68(60-99(82)108)65-44-52-91-85(57-65)76-27-9-15-33-88(76)103(91,5)6/h7-61H,1-6H3. The lowest BCUT2D eigenvalue weighted by atomic mass is 9.82. The van der Waals surface area contributed by atoms with Crippen LogP contribution in [0.25, 0.3) is 183 Å². The largest absolute Gasteiger partial charge is 0.309 e. The number of hydrogen-bond acceptors (Lipinski definition) is 2. The third kappa shape index (κ3) is 9.12. The van der Waals surface area contributed by atoms with Crippen LogP contribution >= 0.6 is 0 Å². The average Bonchev–Trinajstić information content (AvgIpc) is 1.59. The third-order valence-electron chi connectivity index (χ3n) is 24.7. The number of fused-ring (bicyclic) bond motifs is 18. The van der Waals surface area contributed by atoms with E-state index < -0.39 is 0 Å². The molecule has 0 spiro atoms. The fourth-order valence-electron chi connectivity index (χ4n) is 19.2. The second-order valence-electron chi connectivity index (χ2n) is 31.7. The molecule has 0 unspecified atom stereocenters. The van der Waals surface area contributed by atoms with Crippen LogP contribution in [0.2, 0.25) is 0 Å². The van der Waals surface area contributed by atoms with Crippen molar-refractivity contribution in [3.05, 3.63) is 367 Å². The summed E-state index contributed by atoms with van der Waals surface area (Å²) in [6.07, 6.45) is 0. The number of hydrogen-bond donors (Lipinski definition) is 0. The normalized spacial score (nSPS) is 14.1. The highest BCUT2D eigenvalue weighted by Gasteiger charge is 2.38. The quantitative estimate of drug-likeness (QED) is 0.144. The van der Waals surface area contributed by atoms with Crippen LogP contribution in [0.5, 0.6) is 0 Å². The van der Waals surface area contributed by atoms with Crippen LogP contribution in [0.4, 0.5) is 0 Å². The highest BCUT2D eigenvalue weighted by atomic mass is 15.0. The highest BCUT2D eigenvalue weighted by Crippen LogP contribution is 2.54. The molecule has 0 radical (unpaired) electrons. The second kappa shape index (κ2) is 22.9. The van der Waals surface area contributed by atoms with Crippen LogP contribution in [-0.4, -0.2) is 23.7 Å². The predicted molar refractivity (Wildman–Crippen MR) is 450 cm³/mol. The molecule has 22 rings (SSSR count). The van der Waals surface area contributed by atoms with Gasteiger partial charge in [-0.05, 0) is 197 Å². The molecule has 5 nitrogen and oxygen atoms in total. The minimum absolute atomic E-state index is 0.0633. The molecule has 4 heterocycles. The molecule has 19 aromatic rings. The van der Waals surface area contributed by atoms with Crippen molar-refractivity contribution >= 4 is 65.4 Å². The van der Waals surface area contributed by atoms with Crippen LogP contribution < -0.4 is 0 Å². The first kappa shape index (κ1) is 62.2. The molecule has 0 atom stereocenters. The maximum atomic E-state index is 5.67. The van der Waals surface area contributed by atoms with E-state index in [9.17, 15) is 0 Å². The smallest absolute Gasteiger partial charge is 0.160 e. The number of nitrogens with zero attached hydrogens (tertiary/aromatic N) is 5. The van der Waals surface area contributed by atoms with Crippen molar-refractivity contribution < 1.29 is 0 Å². The summed E-state index contributed by atoms with van der Waals surface area (Å²) in [6, 6.07) is 124. The Morgan fingerprint density at radius 2 is 0.500 bits per heavy atom. The summed E-state index contributed by atoms with van der Waals surface area (Å²) in [7, 11) is 0. The van der Waals surface area contributed by atoms with Gasteiger partial charge in [0.25, 0.3) is 0 Å². The maximum Gasteiger partial charge on any atom is 0.160 e. The zero-order valence-electron chi connectivity index (χ0n) is 61.0. The van der Waals surface area contributed by atoms with E-state index in [1.165, 1.54) is 132 Å². The molecule has 15 aromatic carbocycles. The first-order valence-electron chi connectivity index (χ1n) is 37.8. The molecule has 5 heteroatoms. The molecule has 0 fully saturated rings. The molecule has 108 heavy (non-hydrogen) atoms. The van der Waals surface area contributed by atoms with E-state index in [4.69, 9.17) is 9.97 Å². The SMILES string of the molecule is CC1(C)c2ccccc2-c2cc(-c3ccc4c5ccccc5n(-c5ccc(-c6cc(-c7cccc(-n8c9ccccc9c9ccc(-c%10ccc%11c(c%10)-c%10ccccc%10C%11(C)C)cc98)c7)nc(-c7cccc(-n8c9ccccc9c9ccc(-c%10ccc%11c(c%10)-c%10ccccc%10C%11(C)C)cc98)c7)n6)cc5)c4c3)ccc21. The van der Waals surface area contributed by atoms with E-state index >= 15 is 0 Å². The molecule has 0 aliphatic heterocycles. The van der Waals surface area contributed by atoms with Crippen LogP contribution in [0.3, 0.4) is 0 Å². The number of rotatable bonds is 9. The van der Waals surface area contributed by atoms with Gasteiger partial charge in [-0.3, -0.25) is 0 Å². The van der Waals surface area contributed by atoms with E-state index in [-0.39, 0.29) is 16.2 Å². The summed E-state index contributed by atoms with van der Waals surface area (Å²) in [6.45, 7) is 14.1. The van der Waals surface area contributed by atoms with Crippen molar-refractivity contribution in [1.29, 1.82) is 0 Å². The molecule has 510 valence electrons. The predicted octanol–water partition coefficient (Wildman–Crippen LogP) is 26.7. The molecular formula is C103H73N5. The average molecular weight is 1380 g/mol. The van der Waals surface area contributed by atoms with Gasteiger partial charge < -0.3 is 13.7 Å². The van der Waals surface area contributed by atoms with Gasteiger partial charge in [0.15, 0.2) is 5.82 Å². The van der Waals surface area contributed by atoms with Crippen molar-refractivity contribution in [2.45, 2.75) is 57.8 Å². The van der Waals surface area contributed by atoms with Crippen LogP contribution in [0, 0.1) is 0 Å². The van der Waals surface area contributed by atoms with Crippen LogP contribution in [-0.2, 0) is 16.2 Å². The monoisotopic (exact) mass is 1380 g/mol. The zero-order valence-corrected chi connectivity index (χ0v) is 61.0. The van der Waals surface area contributed by atoms with Crippen molar-refractivity contribution in [2.24, 2.45) is 0 Å². The molecule has 0 amide bonds. The zero-order chi connectivity index (χ0) is 72.1. The van der Waals surface area contributed by atoms with Gasteiger partial charge in [0.1, 0.15) is 0 Å². The van der Waals surface area contributed by atoms with Crippen molar-refractivity contribution in [3.63, 3.8) is 0 Å². The van der Waals surface area contributed by atoms with Gasteiger partial charge in [0, 0.05) is 82.3 Å². The fraction of sp³-hybridized carbons (Fsp3) is 0.0874. The second-order valence-corrected chi connectivity index (χ2v) is 31.7. The van der Waals surface area contributed by atoms with Crippen molar-refractivity contribution in [2.75, 3.05) is 0 Å². The minimum atomic E-state index is -0.0726. The number of benzene rings is 15. The van der Waals surface area contributed by atoms with Crippen molar-refractivity contribution in [1.82, 2.24) is 23.7 Å². The van der Waals surface area contributed by atoms with E-state index in [0.717, 1.165) is 78.2 Å². The molecule has 0 saturated heterocycles. The van der Waals surface area contributed by atoms with Gasteiger partial charge in [0.2, 0.25) is 0 Å². The molecule has 3 aliphatic rings. The lowest BCUT2D eigenvalue weighted by Crippen LogP contribution is -2.14. The first-order valence-corrected chi connectivity index (χ1v) is 37.8. The Kier molecular flexibility index (Phi) is 13.2. The molecular weight excluding hydrogens is 1310 g/mol. The lowest BCUT2D eigenvalue weighted by molar-refractivity contribution is 0.660. The number of aromatic nitrogens is 5. The Morgan fingerprint density at radius 1 is 0.194 bits per heavy atom. The van der Waals surface area contributed by atoms with Crippen LogP contribution in [0.1, 0.15) is 74.9 Å². The van der Waals surface area contributed by atoms with E-state index in [2.05, 4.69) is 389 Å². The van der Waals surface area contributed by atoms with E-state index in [0.29, 0.717) is 5.82 Å². The van der Waals surface area contributed by atoms with Gasteiger partial charge in [-0.1, -0.05) is 278 Å². The summed E-state index contributed by atoms with van der Waals surface area (Å²) in [5.74, 6) is 0.636. The topological polar surface area (TPSA) is 40.6 Å². The van der Waals surface area contributed by atoms with Crippen molar-refractivity contribution in [3.8, 4) is 118 Å². The van der Waals surface area contributed by atoms with Gasteiger partial charge in [-0.25, -0.2) is 9.97 Å². The Balaban J connectivity index is 0.687. The van der Waals surface area contributed by atoms with Gasteiger partial charge in [0.05, 0.1) is 44.5 Å². The summed E-state index contributed by atoms with van der Waals surface area (Å²) in [5, 5.41) is 7.24. The van der Waals surface area contributed by atoms with Crippen LogP contribution in [0.15, 0.2) is 334 Å². The van der Waals surface area contributed by atoms with E-state index in [1.54, 1.807) is 0 Å². The Hall–Kier alpha value is -13.2. The summed E-state index contributed by atoms with van der Waals surface area (Å²) in [5.41, 5.74) is 37.7. The third-order valence-corrected chi connectivity index (χ3v) is 24.7. The first-order chi connectivity index (χ1) is 52.8. The Bertz CT molecular complexity index is 6800.